The number of rotatable bonds is 7. The Morgan fingerprint density at radius 3 is 1.91 bits per heavy atom. The van der Waals surface area contributed by atoms with Crippen LogP contribution in [0.15, 0.2) is 55.1 Å². The van der Waals surface area contributed by atoms with Gasteiger partial charge in [0.2, 0.25) is 0 Å². The molecule has 3 aromatic carbocycles. The summed E-state index contributed by atoms with van der Waals surface area (Å²) in [5.74, 6) is -3.77. The first-order valence-corrected chi connectivity index (χ1v) is 10.4. The molecule has 0 saturated carbocycles. The van der Waals surface area contributed by atoms with E-state index in [0.29, 0.717) is 12.0 Å². The lowest BCUT2D eigenvalue weighted by Gasteiger charge is -2.13. The molecular formula is C26H21F7. The van der Waals surface area contributed by atoms with Crippen molar-refractivity contribution in [3.8, 4) is 22.3 Å². The van der Waals surface area contributed by atoms with Crippen molar-refractivity contribution in [1.82, 2.24) is 0 Å². The Bertz CT molecular complexity index is 1150. The van der Waals surface area contributed by atoms with Gasteiger partial charge in [0, 0.05) is 11.1 Å². The molecule has 7 heteroatoms. The zero-order valence-corrected chi connectivity index (χ0v) is 17.8. The number of benzene rings is 3. The lowest BCUT2D eigenvalue weighted by molar-refractivity contribution is -0.0688. The number of hydrogen-bond donors (Lipinski definition) is 0. The van der Waals surface area contributed by atoms with Crippen LogP contribution in [0.4, 0.5) is 30.7 Å². The van der Waals surface area contributed by atoms with Gasteiger partial charge in [-0.05, 0) is 53.8 Å². The molecular weight excluding hydrogens is 445 g/mol. The molecule has 3 aromatic rings. The van der Waals surface area contributed by atoms with Crippen molar-refractivity contribution in [2.24, 2.45) is 0 Å². The smallest absolute Gasteiger partial charge is 0.206 e. The highest BCUT2D eigenvalue weighted by molar-refractivity contribution is 5.75. The van der Waals surface area contributed by atoms with Crippen molar-refractivity contribution in [3.63, 3.8) is 0 Å². The predicted octanol–water partition coefficient (Wildman–Crippen LogP) is 8.89. The predicted molar refractivity (Wildman–Crippen MR) is 115 cm³/mol. The lowest BCUT2D eigenvalue weighted by atomic mass is 9.96. The van der Waals surface area contributed by atoms with Gasteiger partial charge in [-0.2, -0.15) is 13.2 Å². The molecule has 174 valence electrons. The second-order valence-corrected chi connectivity index (χ2v) is 7.76. The van der Waals surface area contributed by atoms with Gasteiger partial charge in [0.1, 0.15) is 23.3 Å². The van der Waals surface area contributed by atoms with E-state index in [2.05, 4.69) is 6.58 Å². The summed E-state index contributed by atoms with van der Waals surface area (Å²) >= 11 is 0. The first-order chi connectivity index (χ1) is 15.5. The number of alkyl halides is 3. The molecule has 0 N–H and O–H groups in total. The Hall–Kier alpha value is -3.09. The van der Waals surface area contributed by atoms with E-state index in [0.717, 1.165) is 43.5 Å². The summed E-state index contributed by atoms with van der Waals surface area (Å²) in [5, 5.41) is 0. The van der Waals surface area contributed by atoms with E-state index >= 15 is 0 Å². The van der Waals surface area contributed by atoms with Crippen molar-refractivity contribution in [2.45, 2.75) is 38.8 Å². The normalized spacial score (nSPS) is 11.6. The summed E-state index contributed by atoms with van der Waals surface area (Å²) in [7, 11) is 0. The highest BCUT2D eigenvalue weighted by atomic mass is 19.4. The van der Waals surface area contributed by atoms with E-state index < -0.39 is 40.6 Å². The van der Waals surface area contributed by atoms with Crippen molar-refractivity contribution >= 4 is 5.57 Å². The molecule has 0 atom stereocenters. The molecule has 0 spiro atoms. The molecule has 0 bridgehead atoms. The average Bonchev–Trinajstić information content (AvgIpc) is 2.72. The van der Waals surface area contributed by atoms with E-state index in [1.807, 2.05) is 6.92 Å². The van der Waals surface area contributed by atoms with Gasteiger partial charge in [-0.25, -0.2) is 17.6 Å². The third kappa shape index (κ3) is 5.46. The Morgan fingerprint density at radius 2 is 1.36 bits per heavy atom. The largest absolute Gasteiger partial charge is 0.416 e. The maximum atomic E-state index is 14.8. The fraction of sp³-hybridized carbons (Fsp3) is 0.231. The molecule has 0 amide bonds. The van der Waals surface area contributed by atoms with Crippen molar-refractivity contribution in [2.75, 3.05) is 0 Å². The van der Waals surface area contributed by atoms with E-state index in [1.54, 1.807) is 0 Å². The number of allylic oxidation sites excluding steroid dienone is 1. The third-order valence-corrected chi connectivity index (χ3v) is 5.38. The molecule has 0 saturated heterocycles. The fourth-order valence-corrected chi connectivity index (χ4v) is 3.61. The van der Waals surface area contributed by atoms with Crippen LogP contribution in [0.3, 0.4) is 0 Å². The van der Waals surface area contributed by atoms with Crippen LogP contribution in [-0.2, 0) is 6.42 Å². The van der Waals surface area contributed by atoms with Crippen LogP contribution in [0.25, 0.3) is 27.8 Å². The van der Waals surface area contributed by atoms with Crippen LogP contribution in [0.1, 0.15) is 37.3 Å². The molecule has 0 radical (unpaired) electrons. The summed E-state index contributed by atoms with van der Waals surface area (Å²) in [6.07, 6.45) is -1.59. The highest BCUT2D eigenvalue weighted by Crippen LogP contribution is 2.36. The lowest BCUT2D eigenvalue weighted by Crippen LogP contribution is -2.10. The zero-order valence-electron chi connectivity index (χ0n) is 17.8. The summed E-state index contributed by atoms with van der Waals surface area (Å²) in [5.41, 5.74) is -2.17. The maximum Gasteiger partial charge on any atom is 0.416 e. The molecule has 0 aromatic heterocycles. The molecule has 0 fully saturated rings. The van der Waals surface area contributed by atoms with Gasteiger partial charge < -0.3 is 0 Å². The van der Waals surface area contributed by atoms with Gasteiger partial charge >= 0.3 is 6.18 Å². The fourth-order valence-electron chi connectivity index (χ4n) is 3.61. The Balaban J connectivity index is 1.92. The van der Waals surface area contributed by atoms with Gasteiger partial charge in [-0.15, -0.1) is 0 Å². The quantitative estimate of drug-likeness (QED) is 0.241. The van der Waals surface area contributed by atoms with E-state index in [4.69, 9.17) is 0 Å². The molecule has 0 unspecified atom stereocenters. The van der Waals surface area contributed by atoms with Crippen LogP contribution in [0, 0.1) is 23.3 Å². The van der Waals surface area contributed by atoms with Crippen molar-refractivity contribution < 1.29 is 30.7 Å². The number of aryl methyl sites for hydroxylation is 1. The standard InChI is InChI=1S/C26H21F7/c1-3-4-5-6-16-11-23(29)25(24(30)12-16)18-8-10-20(22(28)14-18)17-7-9-19(21(27)13-17)15(2)26(31,32)33/h7-14H,2-6H2,1H3. The van der Waals surface area contributed by atoms with Crippen molar-refractivity contribution in [1.29, 1.82) is 0 Å². The number of halogens is 7. The summed E-state index contributed by atoms with van der Waals surface area (Å²) < 4.78 is 96.7. The maximum absolute atomic E-state index is 14.8. The second-order valence-electron chi connectivity index (χ2n) is 7.76. The number of unbranched alkanes of at least 4 members (excludes halogenated alkanes) is 2. The SMILES string of the molecule is C=C(c1ccc(-c2ccc(-c3c(F)cc(CCCCC)cc3F)cc2F)cc1F)C(F)(F)F. The molecule has 0 aliphatic carbocycles. The highest BCUT2D eigenvalue weighted by Gasteiger charge is 2.34. The molecule has 33 heavy (non-hydrogen) atoms. The molecule has 3 rings (SSSR count). The van der Waals surface area contributed by atoms with Crippen LogP contribution in [-0.4, -0.2) is 6.18 Å². The summed E-state index contributed by atoms with van der Waals surface area (Å²) in [6, 6.07) is 8.58. The van der Waals surface area contributed by atoms with Gasteiger partial charge in [-0.3, -0.25) is 0 Å². The first-order valence-electron chi connectivity index (χ1n) is 10.4. The van der Waals surface area contributed by atoms with Gasteiger partial charge in [0.25, 0.3) is 0 Å². The van der Waals surface area contributed by atoms with Crippen LogP contribution < -0.4 is 0 Å². The molecule has 0 aliphatic heterocycles. The van der Waals surface area contributed by atoms with E-state index in [1.165, 1.54) is 24.3 Å². The van der Waals surface area contributed by atoms with Crippen molar-refractivity contribution in [3.05, 3.63) is 89.5 Å². The topological polar surface area (TPSA) is 0 Å². The Kier molecular flexibility index (Phi) is 7.30. The second kappa shape index (κ2) is 9.81. The Morgan fingerprint density at radius 1 is 0.758 bits per heavy atom. The van der Waals surface area contributed by atoms with Gasteiger partial charge in [0.05, 0.1) is 11.1 Å². The summed E-state index contributed by atoms with van der Waals surface area (Å²) in [6.45, 7) is 4.87. The van der Waals surface area contributed by atoms with E-state index in [-0.39, 0.29) is 22.3 Å². The van der Waals surface area contributed by atoms with Crippen LogP contribution in [0.2, 0.25) is 0 Å². The first kappa shape index (κ1) is 24.6. The zero-order chi connectivity index (χ0) is 24.3. The minimum Gasteiger partial charge on any atom is -0.206 e. The monoisotopic (exact) mass is 466 g/mol. The molecule has 0 aliphatic rings. The molecule has 0 heterocycles. The third-order valence-electron chi connectivity index (χ3n) is 5.38. The van der Waals surface area contributed by atoms with Crippen LogP contribution in [0.5, 0.6) is 0 Å². The summed E-state index contributed by atoms with van der Waals surface area (Å²) in [4.78, 5) is 0. The van der Waals surface area contributed by atoms with Gasteiger partial charge in [-0.1, -0.05) is 50.6 Å². The minimum atomic E-state index is -4.81. The average molecular weight is 466 g/mol. The molecule has 0 nitrogen and oxygen atoms in total. The number of hydrogen-bond acceptors (Lipinski definition) is 0. The van der Waals surface area contributed by atoms with Crippen LogP contribution >= 0.6 is 0 Å². The Labute approximate surface area is 187 Å². The minimum absolute atomic E-state index is 0.0255. The van der Waals surface area contributed by atoms with Gasteiger partial charge in [0.15, 0.2) is 0 Å². The van der Waals surface area contributed by atoms with E-state index in [9.17, 15) is 30.7 Å².